The second kappa shape index (κ2) is 7.74. The van der Waals surface area contributed by atoms with Crippen molar-refractivity contribution in [3.63, 3.8) is 0 Å². The van der Waals surface area contributed by atoms with Crippen molar-refractivity contribution in [2.75, 3.05) is 26.2 Å². The number of hydrogen-bond acceptors (Lipinski definition) is 4. The zero-order valence-electron chi connectivity index (χ0n) is 16.7. The van der Waals surface area contributed by atoms with Gasteiger partial charge in [-0.05, 0) is 43.4 Å². The fourth-order valence-electron chi connectivity index (χ4n) is 4.70. The maximum Gasteiger partial charge on any atom is 0.325 e. The molecule has 4 rings (SSSR count). The van der Waals surface area contributed by atoms with E-state index >= 15 is 0 Å². The van der Waals surface area contributed by atoms with Gasteiger partial charge in [0.05, 0.1) is 0 Å². The fourth-order valence-corrected chi connectivity index (χ4v) is 4.70. The predicted molar refractivity (Wildman–Crippen MR) is 104 cm³/mol. The van der Waals surface area contributed by atoms with Crippen molar-refractivity contribution in [1.82, 2.24) is 20.0 Å². The van der Waals surface area contributed by atoms with E-state index in [1.165, 1.54) is 24.0 Å². The number of hydrogen-bond donors (Lipinski definition) is 1. The van der Waals surface area contributed by atoms with Gasteiger partial charge < -0.3 is 10.2 Å². The van der Waals surface area contributed by atoms with Crippen molar-refractivity contribution in [1.29, 1.82) is 0 Å². The van der Waals surface area contributed by atoms with E-state index in [1.807, 2.05) is 0 Å². The largest absolute Gasteiger partial charge is 0.343 e. The highest BCUT2D eigenvalue weighted by Gasteiger charge is 2.54. The van der Waals surface area contributed by atoms with E-state index in [0.717, 1.165) is 38.0 Å². The Hall–Kier alpha value is -2.48. The van der Waals surface area contributed by atoms with Gasteiger partial charge >= 0.3 is 6.03 Å². The Balaban J connectivity index is 1.35. The SMILES string of the molecule is CC(=O)N1CCC2(CC1)NC(=O)N(C1CCN(Cc3ccc(F)cc3)CC1)C2=O. The van der Waals surface area contributed by atoms with Gasteiger partial charge in [0.1, 0.15) is 11.4 Å². The Morgan fingerprint density at radius 3 is 2.31 bits per heavy atom. The number of likely N-dealkylation sites (tertiary alicyclic amines) is 2. The van der Waals surface area contributed by atoms with E-state index in [0.29, 0.717) is 25.9 Å². The van der Waals surface area contributed by atoms with Crippen LogP contribution in [0.1, 0.15) is 38.2 Å². The molecule has 4 amide bonds. The highest BCUT2D eigenvalue weighted by atomic mass is 19.1. The number of nitrogens with zero attached hydrogens (tertiary/aromatic N) is 3. The predicted octanol–water partition coefficient (Wildman–Crippen LogP) is 1.72. The van der Waals surface area contributed by atoms with Crippen LogP contribution in [-0.4, -0.2) is 70.3 Å². The molecule has 3 aliphatic rings. The maximum absolute atomic E-state index is 13.2. The molecule has 0 aromatic heterocycles. The van der Waals surface area contributed by atoms with Crippen LogP contribution in [0, 0.1) is 5.82 Å². The highest BCUT2D eigenvalue weighted by Crippen LogP contribution is 2.32. The van der Waals surface area contributed by atoms with Gasteiger partial charge in [-0.2, -0.15) is 0 Å². The number of carbonyl (C=O) groups is 3. The Labute approximate surface area is 169 Å². The third-order valence-electron chi connectivity index (χ3n) is 6.50. The van der Waals surface area contributed by atoms with Gasteiger partial charge in [-0.25, -0.2) is 9.18 Å². The minimum atomic E-state index is -0.853. The molecule has 8 heteroatoms. The number of imide groups is 1. The van der Waals surface area contributed by atoms with Crippen molar-refractivity contribution < 1.29 is 18.8 Å². The molecular weight excluding hydrogens is 375 g/mol. The lowest BCUT2D eigenvalue weighted by atomic mass is 9.87. The standard InChI is InChI=1S/C21H27FN4O3/c1-15(27)25-12-8-21(9-13-25)19(28)26(20(29)23-21)18-6-10-24(11-7-18)14-16-2-4-17(22)5-3-16/h2-5,18H,6-14H2,1H3,(H,23,29). The maximum atomic E-state index is 13.2. The summed E-state index contributed by atoms with van der Waals surface area (Å²) in [6, 6.07) is 6.10. The number of halogens is 1. The van der Waals surface area contributed by atoms with E-state index < -0.39 is 5.54 Å². The fraction of sp³-hybridized carbons (Fsp3) is 0.571. The van der Waals surface area contributed by atoms with Crippen LogP contribution in [0.4, 0.5) is 9.18 Å². The van der Waals surface area contributed by atoms with Crippen LogP contribution < -0.4 is 5.32 Å². The van der Waals surface area contributed by atoms with Crippen LogP contribution in [-0.2, 0) is 16.1 Å². The molecule has 0 saturated carbocycles. The zero-order valence-corrected chi connectivity index (χ0v) is 16.7. The lowest BCUT2D eigenvalue weighted by molar-refractivity contribution is -0.138. The Morgan fingerprint density at radius 1 is 1.10 bits per heavy atom. The number of urea groups is 1. The summed E-state index contributed by atoms with van der Waals surface area (Å²) in [6.07, 6.45) is 2.40. The number of amides is 4. The van der Waals surface area contributed by atoms with Crippen molar-refractivity contribution in [2.45, 2.75) is 50.7 Å². The third kappa shape index (κ3) is 3.85. The number of nitrogens with one attached hydrogen (secondary N) is 1. The monoisotopic (exact) mass is 402 g/mol. The van der Waals surface area contributed by atoms with E-state index in [4.69, 9.17) is 0 Å². The first-order valence-electron chi connectivity index (χ1n) is 10.3. The topological polar surface area (TPSA) is 73.0 Å². The van der Waals surface area contributed by atoms with Crippen LogP contribution in [0.15, 0.2) is 24.3 Å². The molecule has 3 fully saturated rings. The normalized spacial score (nSPS) is 23.0. The van der Waals surface area contributed by atoms with Crippen LogP contribution in [0.3, 0.4) is 0 Å². The number of piperidine rings is 2. The van der Waals surface area contributed by atoms with Crippen LogP contribution >= 0.6 is 0 Å². The molecule has 29 heavy (non-hydrogen) atoms. The van der Waals surface area contributed by atoms with E-state index in [9.17, 15) is 18.8 Å². The summed E-state index contributed by atoms with van der Waals surface area (Å²) in [5.41, 5.74) is 0.199. The lowest BCUT2D eigenvalue weighted by Crippen LogP contribution is -2.56. The first-order valence-corrected chi connectivity index (χ1v) is 10.3. The molecular formula is C21H27FN4O3. The minimum Gasteiger partial charge on any atom is -0.343 e. The summed E-state index contributed by atoms with van der Waals surface area (Å²) in [6.45, 7) is 4.81. The Morgan fingerprint density at radius 2 is 1.72 bits per heavy atom. The van der Waals surface area contributed by atoms with Gasteiger partial charge in [0, 0.05) is 45.7 Å². The quantitative estimate of drug-likeness (QED) is 0.782. The average Bonchev–Trinajstić information content (AvgIpc) is 2.94. The van der Waals surface area contributed by atoms with Gasteiger partial charge in [-0.3, -0.25) is 19.4 Å². The minimum absolute atomic E-state index is 0.00186. The molecule has 0 atom stereocenters. The first kappa shape index (κ1) is 19.8. The highest BCUT2D eigenvalue weighted by molar-refractivity contribution is 6.07. The van der Waals surface area contributed by atoms with Crippen molar-refractivity contribution in [3.8, 4) is 0 Å². The number of carbonyl (C=O) groups excluding carboxylic acids is 3. The van der Waals surface area contributed by atoms with E-state index in [2.05, 4.69) is 10.2 Å². The van der Waals surface area contributed by atoms with Crippen molar-refractivity contribution in [2.24, 2.45) is 0 Å². The summed E-state index contributed by atoms with van der Waals surface area (Å²) in [5, 5.41) is 2.93. The van der Waals surface area contributed by atoms with Crippen LogP contribution in [0.25, 0.3) is 0 Å². The third-order valence-corrected chi connectivity index (χ3v) is 6.50. The lowest BCUT2D eigenvalue weighted by Gasteiger charge is -2.38. The molecule has 0 radical (unpaired) electrons. The second-order valence-corrected chi connectivity index (χ2v) is 8.33. The average molecular weight is 402 g/mol. The summed E-state index contributed by atoms with van der Waals surface area (Å²) < 4.78 is 13.1. The molecule has 3 aliphatic heterocycles. The van der Waals surface area contributed by atoms with Crippen LogP contribution in [0.5, 0.6) is 0 Å². The van der Waals surface area contributed by atoms with Crippen molar-refractivity contribution >= 4 is 17.8 Å². The smallest absolute Gasteiger partial charge is 0.325 e. The molecule has 1 aromatic rings. The molecule has 1 spiro atoms. The molecule has 156 valence electrons. The van der Waals surface area contributed by atoms with Crippen molar-refractivity contribution in [3.05, 3.63) is 35.6 Å². The molecule has 7 nitrogen and oxygen atoms in total. The second-order valence-electron chi connectivity index (χ2n) is 8.33. The molecule has 3 saturated heterocycles. The Kier molecular flexibility index (Phi) is 5.29. The number of rotatable bonds is 3. The summed E-state index contributed by atoms with van der Waals surface area (Å²) >= 11 is 0. The summed E-state index contributed by atoms with van der Waals surface area (Å²) in [5.74, 6) is -0.376. The summed E-state index contributed by atoms with van der Waals surface area (Å²) in [7, 11) is 0. The van der Waals surface area contributed by atoms with E-state index in [1.54, 1.807) is 17.0 Å². The van der Waals surface area contributed by atoms with Gasteiger partial charge in [-0.15, -0.1) is 0 Å². The van der Waals surface area contributed by atoms with Gasteiger partial charge in [-0.1, -0.05) is 12.1 Å². The van der Waals surface area contributed by atoms with E-state index in [-0.39, 0.29) is 29.7 Å². The first-order chi connectivity index (χ1) is 13.9. The molecule has 0 unspecified atom stereocenters. The Bertz CT molecular complexity index is 797. The van der Waals surface area contributed by atoms with Gasteiger partial charge in [0.15, 0.2) is 0 Å². The molecule has 1 aromatic carbocycles. The van der Waals surface area contributed by atoms with Crippen LogP contribution in [0.2, 0.25) is 0 Å². The van der Waals surface area contributed by atoms with Gasteiger partial charge in [0.2, 0.25) is 5.91 Å². The zero-order chi connectivity index (χ0) is 20.6. The summed E-state index contributed by atoms with van der Waals surface area (Å²) in [4.78, 5) is 42.8. The molecule has 1 N–H and O–H groups in total. The van der Waals surface area contributed by atoms with Gasteiger partial charge in [0.25, 0.3) is 5.91 Å². The number of benzene rings is 1. The molecule has 3 heterocycles. The molecule has 0 aliphatic carbocycles. The molecule has 0 bridgehead atoms.